The first-order valence-corrected chi connectivity index (χ1v) is 5.56. The molecule has 0 aliphatic heterocycles. The highest BCUT2D eigenvalue weighted by atomic mass is 35.5. The Bertz CT molecular complexity index is 370. The predicted molar refractivity (Wildman–Crippen MR) is 69.3 cm³/mol. The van der Waals surface area contributed by atoms with Gasteiger partial charge in [0.15, 0.2) is 0 Å². The zero-order valence-corrected chi connectivity index (χ0v) is 10.4. The maximum Gasteiger partial charge on any atom is 0.113 e. The van der Waals surface area contributed by atoms with Crippen LogP contribution in [0.2, 0.25) is 5.02 Å². The van der Waals surface area contributed by atoms with Crippen molar-refractivity contribution in [3.8, 4) is 0 Å². The van der Waals surface area contributed by atoms with Crippen molar-refractivity contribution in [2.75, 3.05) is 7.11 Å². The Labute approximate surface area is 102 Å². The fraction of sp³-hybridized carbons (Fsp3) is 0.308. The van der Waals surface area contributed by atoms with Crippen LogP contribution in [0.5, 0.6) is 0 Å². The molecule has 0 fully saturated rings. The molecule has 0 aliphatic rings. The van der Waals surface area contributed by atoms with Gasteiger partial charge in [0.2, 0.25) is 0 Å². The fourth-order valence-electron chi connectivity index (χ4n) is 1.28. The Hall–Kier alpha value is -1.28. The number of methoxy groups -OCH3 is 1. The lowest BCUT2D eigenvalue weighted by atomic mass is 10.2. The van der Waals surface area contributed by atoms with E-state index in [1.807, 2.05) is 37.4 Å². The van der Waals surface area contributed by atoms with Gasteiger partial charge in [0, 0.05) is 11.2 Å². The van der Waals surface area contributed by atoms with Crippen LogP contribution in [0.15, 0.2) is 41.6 Å². The van der Waals surface area contributed by atoms with Crippen molar-refractivity contribution in [2.24, 2.45) is 4.99 Å². The molecule has 3 heteroatoms. The zero-order valence-electron chi connectivity index (χ0n) is 9.61. The lowest BCUT2D eigenvalue weighted by molar-refractivity contribution is 0.265. The molecule has 16 heavy (non-hydrogen) atoms. The molecule has 0 saturated carbocycles. The van der Waals surface area contributed by atoms with Crippen LogP contribution in [0.3, 0.4) is 0 Å². The normalized spacial score (nSPS) is 12.7. The third-order valence-corrected chi connectivity index (χ3v) is 2.55. The monoisotopic (exact) mass is 237 g/mol. The van der Waals surface area contributed by atoms with Crippen LogP contribution in [0.25, 0.3) is 0 Å². The van der Waals surface area contributed by atoms with Crippen molar-refractivity contribution in [3.63, 3.8) is 0 Å². The van der Waals surface area contributed by atoms with Gasteiger partial charge in [-0.2, -0.15) is 0 Å². The van der Waals surface area contributed by atoms with Gasteiger partial charge in [0.1, 0.15) is 11.8 Å². The standard InChI is InChI=1S/C13H16ClNO/c1-4-13(10(2)16-3)15-9-11-5-7-12(14)8-6-11/h5-9,13H,2,4H2,1,3H3. The Morgan fingerprint density at radius 3 is 2.62 bits per heavy atom. The first-order chi connectivity index (χ1) is 7.67. The summed E-state index contributed by atoms with van der Waals surface area (Å²) in [6.45, 7) is 5.86. The Morgan fingerprint density at radius 2 is 2.12 bits per heavy atom. The first kappa shape index (κ1) is 12.8. The van der Waals surface area contributed by atoms with Gasteiger partial charge >= 0.3 is 0 Å². The van der Waals surface area contributed by atoms with E-state index < -0.39 is 0 Å². The molecule has 0 amide bonds. The molecule has 1 aromatic carbocycles. The van der Waals surface area contributed by atoms with Crippen LogP contribution in [-0.2, 0) is 4.74 Å². The van der Waals surface area contributed by atoms with Crippen LogP contribution < -0.4 is 0 Å². The highest BCUT2D eigenvalue weighted by Crippen LogP contribution is 2.11. The number of nitrogens with zero attached hydrogens (tertiary/aromatic N) is 1. The van der Waals surface area contributed by atoms with E-state index >= 15 is 0 Å². The molecule has 1 rings (SSSR count). The van der Waals surface area contributed by atoms with Gasteiger partial charge in [-0.15, -0.1) is 0 Å². The van der Waals surface area contributed by atoms with Gasteiger partial charge in [0.25, 0.3) is 0 Å². The number of hydrogen-bond acceptors (Lipinski definition) is 2. The summed E-state index contributed by atoms with van der Waals surface area (Å²) < 4.78 is 5.08. The van der Waals surface area contributed by atoms with Crippen molar-refractivity contribution in [2.45, 2.75) is 19.4 Å². The summed E-state index contributed by atoms with van der Waals surface area (Å²) in [5.41, 5.74) is 1.02. The summed E-state index contributed by atoms with van der Waals surface area (Å²) >= 11 is 5.80. The summed E-state index contributed by atoms with van der Waals surface area (Å²) in [7, 11) is 1.61. The molecule has 0 N–H and O–H groups in total. The van der Waals surface area contributed by atoms with Crippen LogP contribution >= 0.6 is 11.6 Å². The molecule has 0 saturated heterocycles. The van der Waals surface area contributed by atoms with E-state index in [1.165, 1.54) is 0 Å². The van der Waals surface area contributed by atoms with Crippen molar-refractivity contribution < 1.29 is 4.74 Å². The van der Waals surface area contributed by atoms with Crippen LogP contribution in [0.4, 0.5) is 0 Å². The Morgan fingerprint density at radius 1 is 1.50 bits per heavy atom. The number of hydrogen-bond donors (Lipinski definition) is 0. The SMILES string of the molecule is C=C(OC)C(CC)N=Cc1ccc(Cl)cc1. The molecular weight excluding hydrogens is 222 g/mol. The second-order valence-corrected chi connectivity index (χ2v) is 3.86. The smallest absolute Gasteiger partial charge is 0.113 e. The minimum atomic E-state index is 0.0145. The molecule has 0 bridgehead atoms. The van der Waals surface area contributed by atoms with Gasteiger partial charge in [0.05, 0.1) is 7.11 Å². The van der Waals surface area contributed by atoms with Gasteiger partial charge < -0.3 is 4.74 Å². The fourth-order valence-corrected chi connectivity index (χ4v) is 1.40. The maximum atomic E-state index is 5.80. The summed E-state index contributed by atoms with van der Waals surface area (Å²) in [5, 5.41) is 0.727. The van der Waals surface area contributed by atoms with Crippen LogP contribution in [0, 0.1) is 0 Å². The minimum Gasteiger partial charge on any atom is -0.499 e. The topological polar surface area (TPSA) is 21.6 Å². The van der Waals surface area contributed by atoms with Gasteiger partial charge in [-0.05, 0) is 24.1 Å². The largest absolute Gasteiger partial charge is 0.499 e. The molecular formula is C13H16ClNO. The molecule has 1 unspecified atom stereocenters. The number of halogens is 1. The van der Waals surface area contributed by atoms with E-state index in [0.29, 0.717) is 5.76 Å². The van der Waals surface area contributed by atoms with Crippen molar-refractivity contribution in [3.05, 3.63) is 47.2 Å². The molecule has 86 valence electrons. The summed E-state index contributed by atoms with van der Waals surface area (Å²) in [6.07, 6.45) is 2.69. The average molecular weight is 238 g/mol. The Balaban J connectivity index is 2.71. The summed E-state index contributed by atoms with van der Waals surface area (Å²) in [4.78, 5) is 4.42. The van der Waals surface area contributed by atoms with E-state index in [9.17, 15) is 0 Å². The highest BCUT2D eigenvalue weighted by Gasteiger charge is 2.07. The maximum absolute atomic E-state index is 5.80. The van der Waals surface area contributed by atoms with Crippen LogP contribution in [0.1, 0.15) is 18.9 Å². The molecule has 0 radical (unpaired) electrons. The average Bonchev–Trinajstić information content (AvgIpc) is 2.31. The molecule has 0 spiro atoms. The number of aliphatic imine (C=N–C) groups is 1. The number of rotatable bonds is 5. The number of benzene rings is 1. The van der Waals surface area contributed by atoms with E-state index in [0.717, 1.165) is 17.0 Å². The third-order valence-electron chi connectivity index (χ3n) is 2.29. The molecule has 2 nitrogen and oxygen atoms in total. The van der Waals surface area contributed by atoms with Crippen molar-refractivity contribution in [1.82, 2.24) is 0 Å². The molecule has 0 aliphatic carbocycles. The third kappa shape index (κ3) is 3.70. The molecule has 0 heterocycles. The van der Waals surface area contributed by atoms with Gasteiger partial charge in [-0.1, -0.05) is 37.2 Å². The van der Waals surface area contributed by atoms with Gasteiger partial charge in [-0.25, -0.2) is 0 Å². The second kappa shape index (κ2) is 6.33. The van der Waals surface area contributed by atoms with E-state index in [1.54, 1.807) is 7.11 Å². The summed E-state index contributed by atoms with van der Waals surface area (Å²) in [6, 6.07) is 7.55. The second-order valence-electron chi connectivity index (χ2n) is 3.42. The highest BCUT2D eigenvalue weighted by molar-refractivity contribution is 6.30. The first-order valence-electron chi connectivity index (χ1n) is 5.19. The van der Waals surface area contributed by atoms with E-state index in [4.69, 9.17) is 16.3 Å². The van der Waals surface area contributed by atoms with Crippen LogP contribution in [-0.4, -0.2) is 19.4 Å². The molecule has 1 aromatic rings. The minimum absolute atomic E-state index is 0.0145. The quantitative estimate of drug-likeness (QED) is 0.565. The molecule has 0 aromatic heterocycles. The predicted octanol–water partition coefficient (Wildman–Crippen LogP) is 3.70. The molecule has 1 atom stereocenters. The number of ether oxygens (including phenoxy) is 1. The van der Waals surface area contributed by atoms with E-state index in [2.05, 4.69) is 11.6 Å². The lowest BCUT2D eigenvalue weighted by Crippen LogP contribution is -2.07. The Kier molecular flexibility index (Phi) is 5.06. The van der Waals surface area contributed by atoms with Gasteiger partial charge in [-0.3, -0.25) is 4.99 Å². The van der Waals surface area contributed by atoms with Crippen molar-refractivity contribution >= 4 is 17.8 Å². The zero-order chi connectivity index (χ0) is 12.0. The van der Waals surface area contributed by atoms with E-state index in [-0.39, 0.29) is 6.04 Å². The lowest BCUT2D eigenvalue weighted by Gasteiger charge is -2.11. The van der Waals surface area contributed by atoms with Crippen molar-refractivity contribution in [1.29, 1.82) is 0 Å². The summed E-state index contributed by atoms with van der Waals surface area (Å²) in [5.74, 6) is 0.688.